The third kappa shape index (κ3) is 2.17. The monoisotopic (exact) mass is 268 g/mol. The molecule has 3 nitrogen and oxygen atoms in total. The number of aliphatic hydroxyl groups excluding tert-OH is 1. The van der Waals surface area contributed by atoms with Crippen LogP contribution in [0.1, 0.15) is 23.7 Å². The first-order valence-electron chi connectivity index (χ1n) is 6.66. The molecule has 3 aromatic rings. The Balaban J connectivity index is 2.14. The van der Waals surface area contributed by atoms with E-state index in [-0.39, 0.29) is 18.3 Å². The van der Waals surface area contributed by atoms with Gasteiger partial charge in [0, 0.05) is 23.5 Å². The van der Waals surface area contributed by atoms with E-state index in [0.29, 0.717) is 6.42 Å². The van der Waals surface area contributed by atoms with Gasteiger partial charge in [-0.15, -0.1) is 0 Å². The maximum Gasteiger partial charge on any atom is 0.127 e. The molecule has 102 valence electrons. The Morgan fingerprint density at radius 1 is 1.00 bits per heavy atom. The van der Waals surface area contributed by atoms with Crippen LogP contribution in [-0.2, 0) is 0 Å². The number of hydrogen-bond donors (Lipinski definition) is 2. The van der Waals surface area contributed by atoms with Gasteiger partial charge in [0.25, 0.3) is 0 Å². The molecule has 20 heavy (non-hydrogen) atoms. The van der Waals surface area contributed by atoms with Crippen LogP contribution in [0.5, 0.6) is 5.75 Å². The number of phenols is 1. The summed E-state index contributed by atoms with van der Waals surface area (Å²) in [6.45, 7) is 0.0393. The van der Waals surface area contributed by atoms with Crippen LogP contribution in [0, 0.1) is 0 Å². The second-order valence-corrected chi connectivity index (χ2v) is 4.80. The van der Waals surface area contributed by atoms with Crippen molar-refractivity contribution in [3.63, 3.8) is 0 Å². The predicted octanol–water partition coefficient (Wildman–Crippen LogP) is 3.65. The SMILES string of the molecule is OCC[C@@H](c1ccco1)c1ccc2ccccc2c1O. The van der Waals surface area contributed by atoms with E-state index in [1.54, 1.807) is 6.26 Å². The molecule has 0 spiro atoms. The van der Waals surface area contributed by atoms with E-state index < -0.39 is 0 Å². The Labute approximate surface area is 117 Å². The lowest BCUT2D eigenvalue weighted by atomic mass is 9.90. The maximum absolute atomic E-state index is 10.5. The molecule has 1 atom stereocenters. The minimum absolute atomic E-state index is 0.0393. The van der Waals surface area contributed by atoms with E-state index in [0.717, 1.165) is 22.1 Å². The summed E-state index contributed by atoms with van der Waals surface area (Å²) < 4.78 is 5.45. The van der Waals surface area contributed by atoms with Gasteiger partial charge in [-0.25, -0.2) is 0 Å². The molecule has 2 aromatic carbocycles. The van der Waals surface area contributed by atoms with Gasteiger partial charge in [0.1, 0.15) is 11.5 Å². The highest BCUT2D eigenvalue weighted by Gasteiger charge is 2.20. The van der Waals surface area contributed by atoms with Crippen molar-refractivity contribution in [1.29, 1.82) is 0 Å². The fourth-order valence-corrected chi connectivity index (χ4v) is 2.62. The highest BCUT2D eigenvalue weighted by molar-refractivity contribution is 5.89. The van der Waals surface area contributed by atoms with Crippen molar-refractivity contribution in [2.75, 3.05) is 6.61 Å². The molecule has 1 heterocycles. The van der Waals surface area contributed by atoms with E-state index in [2.05, 4.69) is 0 Å². The van der Waals surface area contributed by atoms with Crippen LogP contribution in [0.4, 0.5) is 0 Å². The number of benzene rings is 2. The van der Waals surface area contributed by atoms with E-state index in [1.807, 2.05) is 48.5 Å². The second kappa shape index (κ2) is 5.39. The average Bonchev–Trinajstić information content (AvgIpc) is 3.00. The summed E-state index contributed by atoms with van der Waals surface area (Å²) in [5.41, 5.74) is 0.785. The van der Waals surface area contributed by atoms with Crippen molar-refractivity contribution in [2.45, 2.75) is 12.3 Å². The number of rotatable bonds is 4. The Bertz CT molecular complexity index is 701. The molecule has 0 unspecified atom stereocenters. The summed E-state index contributed by atoms with van der Waals surface area (Å²) in [6, 6.07) is 15.3. The predicted molar refractivity (Wildman–Crippen MR) is 77.9 cm³/mol. The average molecular weight is 268 g/mol. The van der Waals surface area contributed by atoms with Crippen molar-refractivity contribution in [1.82, 2.24) is 0 Å². The first kappa shape index (κ1) is 12.8. The van der Waals surface area contributed by atoms with Crippen molar-refractivity contribution < 1.29 is 14.6 Å². The molecule has 2 N–H and O–H groups in total. The topological polar surface area (TPSA) is 53.6 Å². The fraction of sp³-hybridized carbons (Fsp3) is 0.176. The molecule has 0 bridgehead atoms. The van der Waals surface area contributed by atoms with Gasteiger partial charge in [-0.3, -0.25) is 0 Å². The number of aliphatic hydroxyl groups is 1. The van der Waals surface area contributed by atoms with Crippen molar-refractivity contribution in [3.05, 3.63) is 66.1 Å². The summed E-state index contributed by atoms with van der Waals surface area (Å²) >= 11 is 0. The number of hydrogen-bond acceptors (Lipinski definition) is 3. The maximum atomic E-state index is 10.5. The smallest absolute Gasteiger partial charge is 0.127 e. The molecule has 1 aromatic heterocycles. The minimum atomic E-state index is -0.139. The fourth-order valence-electron chi connectivity index (χ4n) is 2.62. The number of aromatic hydroxyl groups is 1. The number of fused-ring (bicyclic) bond motifs is 1. The first-order valence-corrected chi connectivity index (χ1v) is 6.66. The largest absolute Gasteiger partial charge is 0.507 e. The van der Waals surface area contributed by atoms with Crippen LogP contribution in [0.2, 0.25) is 0 Å². The van der Waals surface area contributed by atoms with Gasteiger partial charge in [-0.2, -0.15) is 0 Å². The van der Waals surface area contributed by atoms with E-state index in [9.17, 15) is 10.2 Å². The molecule has 0 aliphatic carbocycles. The van der Waals surface area contributed by atoms with Crippen LogP contribution in [0.25, 0.3) is 10.8 Å². The Morgan fingerprint density at radius 2 is 1.85 bits per heavy atom. The van der Waals surface area contributed by atoms with Gasteiger partial charge in [-0.05, 0) is 23.9 Å². The summed E-state index contributed by atoms with van der Waals surface area (Å²) in [5, 5.41) is 21.6. The standard InChI is InChI=1S/C17H16O3/c18-10-9-14(16-6-3-11-20-16)15-8-7-12-4-1-2-5-13(12)17(15)19/h1-8,11,14,18-19H,9-10H2/t14-/m1/s1. The third-order valence-corrected chi connectivity index (χ3v) is 3.61. The molecular weight excluding hydrogens is 252 g/mol. The van der Waals surface area contributed by atoms with Crippen LogP contribution < -0.4 is 0 Å². The van der Waals surface area contributed by atoms with Crippen LogP contribution in [0.15, 0.2) is 59.2 Å². The molecule has 0 amide bonds. The zero-order chi connectivity index (χ0) is 13.9. The summed E-state index contributed by atoms with van der Waals surface area (Å²) in [7, 11) is 0. The molecular formula is C17H16O3. The van der Waals surface area contributed by atoms with E-state index in [1.165, 1.54) is 0 Å². The van der Waals surface area contributed by atoms with Crippen molar-refractivity contribution >= 4 is 10.8 Å². The molecule has 3 heteroatoms. The van der Waals surface area contributed by atoms with Crippen molar-refractivity contribution in [3.8, 4) is 5.75 Å². The highest BCUT2D eigenvalue weighted by Crippen LogP contribution is 2.38. The molecule has 0 fully saturated rings. The lowest BCUT2D eigenvalue weighted by Crippen LogP contribution is -2.03. The number of phenolic OH excluding ortho intramolecular Hbond substituents is 1. The van der Waals surface area contributed by atoms with Gasteiger partial charge in [0.2, 0.25) is 0 Å². The van der Waals surface area contributed by atoms with E-state index >= 15 is 0 Å². The van der Waals surface area contributed by atoms with Gasteiger partial charge < -0.3 is 14.6 Å². The molecule has 3 rings (SSSR count). The molecule has 0 aliphatic rings. The molecule has 0 saturated heterocycles. The first-order chi connectivity index (χ1) is 9.81. The Morgan fingerprint density at radius 3 is 2.60 bits per heavy atom. The second-order valence-electron chi connectivity index (χ2n) is 4.80. The van der Waals surface area contributed by atoms with E-state index in [4.69, 9.17) is 4.42 Å². The molecule has 0 radical (unpaired) electrons. The van der Waals surface area contributed by atoms with Gasteiger partial charge in [0.15, 0.2) is 0 Å². The summed E-state index contributed by atoms with van der Waals surface area (Å²) in [6.07, 6.45) is 2.12. The van der Waals surface area contributed by atoms with Crippen LogP contribution in [-0.4, -0.2) is 16.8 Å². The van der Waals surface area contributed by atoms with Gasteiger partial charge >= 0.3 is 0 Å². The van der Waals surface area contributed by atoms with Crippen LogP contribution in [0.3, 0.4) is 0 Å². The minimum Gasteiger partial charge on any atom is -0.507 e. The number of furan rings is 1. The summed E-state index contributed by atoms with van der Waals surface area (Å²) in [4.78, 5) is 0. The Kier molecular flexibility index (Phi) is 3.44. The van der Waals surface area contributed by atoms with Gasteiger partial charge in [0.05, 0.1) is 6.26 Å². The zero-order valence-electron chi connectivity index (χ0n) is 11.0. The third-order valence-electron chi connectivity index (χ3n) is 3.61. The summed E-state index contributed by atoms with van der Waals surface area (Å²) in [5.74, 6) is 0.877. The Hall–Kier alpha value is -2.26. The molecule has 0 aliphatic heterocycles. The van der Waals surface area contributed by atoms with Crippen molar-refractivity contribution in [2.24, 2.45) is 0 Å². The highest BCUT2D eigenvalue weighted by atomic mass is 16.3. The quantitative estimate of drug-likeness (QED) is 0.759. The van der Waals surface area contributed by atoms with Gasteiger partial charge in [-0.1, -0.05) is 36.4 Å². The lowest BCUT2D eigenvalue weighted by molar-refractivity contribution is 0.274. The normalized spacial score (nSPS) is 12.7. The lowest BCUT2D eigenvalue weighted by Gasteiger charge is -2.16. The van der Waals surface area contributed by atoms with Crippen LogP contribution >= 0.6 is 0 Å². The molecule has 0 saturated carbocycles. The zero-order valence-corrected chi connectivity index (χ0v) is 11.0.